The number of aliphatic carboxylic acids is 2. The topological polar surface area (TPSA) is 74.6 Å². The molecular formula is C15H28O4. The zero-order valence-electron chi connectivity index (χ0n) is 12.2. The Morgan fingerprint density at radius 1 is 0.842 bits per heavy atom. The van der Waals surface area contributed by atoms with E-state index in [1.54, 1.807) is 0 Å². The summed E-state index contributed by atoms with van der Waals surface area (Å²) in [5, 5.41) is 17.9. The second-order valence-electron chi connectivity index (χ2n) is 5.23. The van der Waals surface area contributed by atoms with Gasteiger partial charge >= 0.3 is 11.9 Å². The van der Waals surface area contributed by atoms with Gasteiger partial charge in [-0.25, -0.2) is 0 Å². The van der Waals surface area contributed by atoms with Crippen molar-refractivity contribution < 1.29 is 19.8 Å². The zero-order valence-corrected chi connectivity index (χ0v) is 12.2. The monoisotopic (exact) mass is 272 g/mol. The predicted molar refractivity (Wildman–Crippen MR) is 75.2 cm³/mol. The third kappa shape index (κ3) is 7.85. The fourth-order valence-electron chi connectivity index (χ4n) is 2.48. The highest BCUT2D eigenvalue weighted by molar-refractivity contribution is 5.93. The van der Waals surface area contributed by atoms with Crippen LogP contribution in [-0.4, -0.2) is 22.2 Å². The second kappa shape index (κ2) is 10.8. The van der Waals surface area contributed by atoms with Crippen LogP contribution in [0.4, 0.5) is 0 Å². The van der Waals surface area contributed by atoms with Gasteiger partial charge in [0.1, 0.15) is 0 Å². The Morgan fingerprint density at radius 2 is 1.32 bits per heavy atom. The summed E-state index contributed by atoms with van der Waals surface area (Å²) in [5.74, 6) is -3.90. The first-order chi connectivity index (χ1) is 9.04. The molecule has 0 rings (SSSR count). The van der Waals surface area contributed by atoms with Crippen LogP contribution in [0.2, 0.25) is 0 Å². The van der Waals surface area contributed by atoms with Crippen molar-refractivity contribution in [3.05, 3.63) is 0 Å². The van der Waals surface area contributed by atoms with Gasteiger partial charge in [0.15, 0.2) is 5.92 Å². The molecule has 0 aromatic carbocycles. The summed E-state index contributed by atoms with van der Waals surface area (Å²) in [7, 11) is 0. The quantitative estimate of drug-likeness (QED) is 0.417. The van der Waals surface area contributed by atoms with E-state index in [0.717, 1.165) is 12.8 Å². The maximum absolute atomic E-state index is 11.0. The molecule has 0 saturated carbocycles. The third-order valence-corrected chi connectivity index (χ3v) is 3.71. The summed E-state index contributed by atoms with van der Waals surface area (Å²) >= 11 is 0. The van der Waals surface area contributed by atoms with Crippen molar-refractivity contribution in [1.29, 1.82) is 0 Å². The molecule has 4 nitrogen and oxygen atoms in total. The summed E-state index contributed by atoms with van der Waals surface area (Å²) in [6, 6.07) is 0. The second-order valence-corrected chi connectivity index (χ2v) is 5.23. The summed E-state index contributed by atoms with van der Waals surface area (Å²) in [4.78, 5) is 21.9. The van der Waals surface area contributed by atoms with Gasteiger partial charge in [0.05, 0.1) is 0 Å². The van der Waals surface area contributed by atoms with Crippen molar-refractivity contribution in [1.82, 2.24) is 0 Å². The highest BCUT2D eigenvalue weighted by atomic mass is 16.4. The van der Waals surface area contributed by atoms with E-state index < -0.39 is 17.9 Å². The van der Waals surface area contributed by atoms with Crippen LogP contribution in [0.15, 0.2) is 0 Å². The SMILES string of the molecule is CCCCCCCCCC(CC)C(C(=O)O)C(=O)O. The van der Waals surface area contributed by atoms with Crippen LogP contribution in [0.3, 0.4) is 0 Å². The fourth-order valence-corrected chi connectivity index (χ4v) is 2.48. The van der Waals surface area contributed by atoms with Gasteiger partial charge < -0.3 is 10.2 Å². The van der Waals surface area contributed by atoms with Crippen LogP contribution in [-0.2, 0) is 9.59 Å². The molecule has 0 saturated heterocycles. The molecule has 1 atom stereocenters. The minimum absolute atomic E-state index is 0.245. The molecule has 0 aromatic rings. The number of carboxylic acids is 2. The van der Waals surface area contributed by atoms with Crippen molar-refractivity contribution in [2.45, 2.75) is 71.6 Å². The molecule has 0 aromatic heterocycles. The molecule has 0 aliphatic heterocycles. The molecule has 0 amide bonds. The van der Waals surface area contributed by atoms with Gasteiger partial charge in [-0.15, -0.1) is 0 Å². The molecule has 1 unspecified atom stereocenters. The molecular weight excluding hydrogens is 244 g/mol. The molecule has 0 fully saturated rings. The summed E-state index contributed by atoms with van der Waals surface area (Å²) in [6.07, 6.45) is 9.49. The Morgan fingerprint density at radius 3 is 1.74 bits per heavy atom. The van der Waals surface area contributed by atoms with Crippen LogP contribution >= 0.6 is 0 Å². The van der Waals surface area contributed by atoms with Crippen LogP contribution < -0.4 is 0 Å². The van der Waals surface area contributed by atoms with Crippen molar-refractivity contribution in [2.75, 3.05) is 0 Å². The highest BCUT2D eigenvalue weighted by Gasteiger charge is 2.33. The zero-order chi connectivity index (χ0) is 14.7. The Hall–Kier alpha value is -1.06. The molecule has 0 aliphatic rings. The molecule has 19 heavy (non-hydrogen) atoms. The van der Waals surface area contributed by atoms with Crippen LogP contribution in [0, 0.1) is 11.8 Å². The lowest BCUT2D eigenvalue weighted by Crippen LogP contribution is -2.31. The Bertz CT molecular complexity index is 249. The maximum atomic E-state index is 11.0. The van der Waals surface area contributed by atoms with E-state index in [9.17, 15) is 9.59 Å². The third-order valence-electron chi connectivity index (χ3n) is 3.71. The molecule has 0 bridgehead atoms. The van der Waals surface area contributed by atoms with Crippen molar-refractivity contribution >= 4 is 11.9 Å². The first-order valence-corrected chi connectivity index (χ1v) is 7.50. The van der Waals surface area contributed by atoms with Gasteiger partial charge in [-0.3, -0.25) is 9.59 Å². The Kier molecular flexibility index (Phi) is 10.2. The number of rotatable bonds is 12. The summed E-state index contributed by atoms with van der Waals surface area (Å²) in [5.41, 5.74) is 0. The van der Waals surface area contributed by atoms with E-state index in [2.05, 4.69) is 6.92 Å². The molecule has 0 aliphatic carbocycles. The average molecular weight is 272 g/mol. The maximum Gasteiger partial charge on any atom is 0.318 e. The average Bonchev–Trinajstić information content (AvgIpc) is 2.35. The Labute approximate surface area is 116 Å². The predicted octanol–water partition coefficient (Wildman–Crippen LogP) is 3.94. The number of carbonyl (C=O) groups is 2. The number of hydrogen-bond donors (Lipinski definition) is 2. The van der Waals surface area contributed by atoms with Crippen molar-refractivity contribution in [2.24, 2.45) is 11.8 Å². The lowest BCUT2D eigenvalue weighted by molar-refractivity contribution is -0.157. The van der Waals surface area contributed by atoms with Gasteiger partial charge in [-0.2, -0.15) is 0 Å². The van der Waals surface area contributed by atoms with Crippen molar-refractivity contribution in [3.8, 4) is 0 Å². The smallest absolute Gasteiger partial charge is 0.318 e. The van der Waals surface area contributed by atoms with E-state index in [0.29, 0.717) is 12.8 Å². The van der Waals surface area contributed by atoms with E-state index >= 15 is 0 Å². The molecule has 112 valence electrons. The lowest BCUT2D eigenvalue weighted by Gasteiger charge is -2.19. The first-order valence-electron chi connectivity index (χ1n) is 7.50. The van der Waals surface area contributed by atoms with Gasteiger partial charge in [0, 0.05) is 0 Å². The van der Waals surface area contributed by atoms with Gasteiger partial charge in [-0.05, 0) is 12.3 Å². The normalized spacial score (nSPS) is 12.6. The number of unbranched alkanes of at least 4 members (excludes halogenated alkanes) is 6. The molecule has 0 radical (unpaired) electrons. The van der Waals surface area contributed by atoms with Crippen LogP contribution in [0.25, 0.3) is 0 Å². The molecule has 0 heterocycles. The minimum Gasteiger partial charge on any atom is -0.481 e. The molecule has 0 spiro atoms. The standard InChI is InChI=1S/C15H28O4/c1-3-5-6-7-8-9-10-11-12(4-2)13(14(16)17)15(18)19/h12-13H,3-11H2,1-2H3,(H,16,17)(H,18,19). The summed E-state index contributed by atoms with van der Waals surface area (Å²) in [6.45, 7) is 4.05. The highest BCUT2D eigenvalue weighted by Crippen LogP contribution is 2.24. The number of hydrogen-bond acceptors (Lipinski definition) is 2. The summed E-state index contributed by atoms with van der Waals surface area (Å²) < 4.78 is 0. The first kappa shape index (κ1) is 17.9. The minimum atomic E-state index is -1.25. The van der Waals surface area contributed by atoms with Crippen LogP contribution in [0.5, 0.6) is 0 Å². The van der Waals surface area contributed by atoms with E-state index in [1.165, 1.54) is 32.1 Å². The van der Waals surface area contributed by atoms with E-state index in [4.69, 9.17) is 10.2 Å². The van der Waals surface area contributed by atoms with E-state index in [-0.39, 0.29) is 5.92 Å². The molecule has 4 heteroatoms. The van der Waals surface area contributed by atoms with Gasteiger partial charge in [0.2, 0.25) is 0 Å². The molecule has 2 N–H and O–H groups in total. The van der Waals surface area contributed by atoms with Gasteiger partial charge in [-0.1, -0.05) is 65.2 Å². The Balaban J connectivity index is 3.92. The van der Waals surface area contributed by atoms with Crippen molar-refractivity contribution in [3.63, 3.8) is 0 Å². The largest absolute Gasteiger partial charge is 0.481 e. The lowest BCUT2D eigenvalue weighted by atomic mass is 9.85. The van der Waals surface area contributed by atoms with Crippen LogP contribution in [0.1, 0.15) is 71.6 Å². The fraction of sp³-hybridized carbons (Fsp3) is 0.867. The van der Waals surface area contributed by atoms with E-state index in [1.807, 2.05) is 6.92 Å². The van der Waals surface area contributed by atoms with Gasteiger partial charge in [0.25, 0.3) is 0 Å². The number of carboxylic acid groups (broad SMARTS) is 2.